The summed E-state index contributed by atoms with van der Waals surface area (Å²) in [6, 6.07) is 11.0. The highest BCUT2D eigenvalue weighted by Gasteiger charge is 2.27. The smallest absolute Gasteiger partial charge is 0.321 e. The van der Waals surface area contributed by atoms with E-state index in [4.69, 9.17) is 0 Å². The maximum Gasteiger partial charge on any atom is 0.441 e. The third-order valence-electron chi connectivity index (χ3n) is 4.15. The van der Waals surface area contributed by atoms with E-state index < -0.39 is 16.8 Å². The molecule has 0 saturated heterocycles. The average Bonchev–Trinajstić information content (AvgIpc) is 3.21. The third-order valence-corrected chi connectivity index (χ3v) is 6.58. The second-order valence-corrected chi connectivity index (χ2v) is 8.64. The van der Waals surface area contributed by atoms with Crippen molar-refractivity contribution in [3.8, 4) is 6.07 Å². The van der Waals surface area contributed by atoms with Crippen molar-refractivity contribution in [3.05, 3.63) is 56.8 Å². The van der Waals surface area contributed by atoms with Crippen molar-refractivity contribution < 1.29 is 18.8 Å². The summed E-state index contributed by atoms with van der Waals surface area (Å²) >= 11 is 2.05. The first-order valence-electron chi connectivity index (χ1n) is 8.76. The molecule has 1 unspecified atom stereocenters. The lowest BCUT2D eigenvalue weighted by atomic mass is 10.1. The molecule has 2 aromatic heterocycles. The van der Waals surface area contributed by atoms with E-state index in [-0.39, 0.29) is 21.5 Å². The standard InChI is InChI=1S/C19H17N5O4S2/c1-10-13(9-20)17(30-14(10)16(26)21-12-7-5-4-6-8-12)22-15(25)11(2)29-18-19(27)28-23-24(18)3/h4-8,11H,1-3H3,(H2-,21,22,23,25,26,27)/p+1. The normalized spacial score (nSPS) is 11.5. The van der Waals surface area contributed by atoms with Crippen LogP contribution in [0.25, 0.3) is 0 Å². The maximum absolute atomic E-state index is 12.6. The molecule has 0 bridgehead atoms. The Kier molecular flexibility index (Phi) is 6.39. The van der Waals surface area contributed by atoms with Gasteiger partial charge < -0.3 is 10.6 Å². The Morgan fingerprint density at radius 3 is 2.60 bits per heavy atom. The lowest BCUT2D eigenvalue weighted by Crippen LogP contribution is -2.35. The Morgan fingerprint density at radius 1 is 1.30 bits per heavy atom. The van der Waals surface area contributed by atoms with Crippen LogP contribution in [0.5, 0.6) is 0 Å². The van der Waals surface area contributed by atoms with Gasteiger partial charge in [-0.15, -0.1) is 11.3 Å². The van der Waals surface area contributed by atoms with Crippen LogP contribution in [0.2, 0.25) is 0 Å². The van der Waals surface area contributed by atoms with E-state index in [1.807, 2.05) is 12.1 Å². The molecule has 0 spiro atoms. The van der Waals surface area contributed by atoms with Crippen molar-refractivity contribution >= 4 is 45.6 Å². The molecule has 0 fully saturated rings. The largest absolute Gasteiger partial charge is 0.441 e. The summed E-state index contributed by atoms with van der Waals surface area (Å²) in [7, 11) is 1.59. The Morgan fingerprint density at radius 2 is 2.00 bits per heavy atom. The molecular weight excluding hydrogens is 426 g/mol. The van der Waals surface area contributed by atoms with Crippen molar-refractivity contribution in [1.82, 2.24) is 5.27 Å². The molecule has 0 aliphatic heterocycles. The van der Waals surface area contributed by atoms with Crippen LogP contribution in [-0.4, -0.2) is 22.3 Å². The highest BCUT2D eigenvalue weighted by atomic mass is 32.2. The number of rotatable bonds is 6. The van der Waals surface area contributed by atoms with Crippen molar-refractivity contribution in [2.45, 2.75) is 24.1 Å². The number of thioether (sulfide) groups is 1. The van der Waals surface area contributed by atoms with E-state index in [0.29, 0.717) is 16.1 Å². The van der Waals surface area contributed by atoms with Gasteiger partial charge in [0.15, 0.2) is 7.05 Å². The van der Waals surface area contributed by atoms with Crippen LogP contribution in [0.15, 0.2) is 44.7 Å². The van der Waals surface area contributed by atoms with Crippen LogP contribution in [0, 0.1) is 18.3 Å². The lowest BCUT2D eigenvalue weighted by molar-refractivity contribution is -0.772. The summed E-state index contributed by atoms with van der Waals surface area (Å²) < 4.78 is 6.04. The van der Waals surface area contributed by atoms with E-state index in [2.05, 4.69) is 20.4 Å². The Hall–Kier alpha value is -3.36. The number of aryl methyl sites for hydroxylation is 1. The summed E-state index contributed by atoms with van der Waals surface area (Å²) in [5.74, 6) is -0.770. The van der Waals surface area contributed by atoms with E-state index in [1.165, 1.54) is 4.68 Å². The quantitative estimate of drug-likeness (QED) is 0.395. The van der Waals surface area contributed by atoms with Gasteiger partial charge in [0.25, 0.3) is 5.91 Å². The molecule has 30 heavy (non-hydrogen) atoms. The van der Waals surface area contributed by atoms with E-state index in [1.54, 1.807) is 45.2 Å². The van der Waals surface area contributed by atoms with Crippen molar-refractivity contribution in [3.63, 3.8) is 0 Å². The van der Waals surface area contributed by atoms with Crippen LogP contribution in [0.3, 0.4) is 0 Å². The van der Waals surface area contributed by atoms with E-state index >= 15 is 0 Å². The molecule has 2 amide bonds. The highest BCUT2D eigenvalue weighted by Crippen LogP contribution is 2.33. The molecular formula is C19H18N5O4S2+. The maximum atomic E-state index is 12.6. The number of hydrogen-bond donors (Lipinski definition) is 3. The molecule has 3 rings (SSSR count). The second kappa shape index (κ2) is 8.98. The van der Waals surface area contributed by atoms with Crippen LogP contribution < -0.4 is 20.9 Å². The number of anilines is 2. The summed E-state index contributed by atoms with van der Waals surface area (Å²) in [5.41, 5.74) is 0.772. The molecule has 0 saturated carbocycles. The Labute approximate surface area is 179 Å². The van der Waals surface area contributed by atoms with Gasteiger partial charge in [0.05, 0.1) is 15.7 Å². The van der Waals surface area contributed by atoms with Crippen LogP contribution in [0.4, 0.5) is 10.7 Å². The zero-order valence-electron chi connectivity index (χ0n) is 16.3. The van der Waals surface area contributed by atoms with Gasteiger partial charge in [0.2, 0.25) is 5.91 Å². The number of benzene rings is 1. The molecule has 0 aliphatic carbocycles. The first kappa shape index (κ1) is 21.4. The SMILES string of the molecule is Cc1c(C(=O)Nc2ccccc2)sc(NC(=O)C(C)Sc2c(=O)o[nH][n+]2C)c1C#N. The molecule has 11 heteroatoms. The first-order valence-corrected chi connectivity index (χ1v) is 10.5. The number of nitrogens with zero attached hydrogens (tertiary/aromatic N) is 2. The summed E-state index contributed by atoms with van der Waals surface area (Å²) in [4.78, 5) is 37.3. The molecule has 1 aromatic carbocycles. The minimum Gasteiger partial charge on any atom is -0.321 e. The fraction of sp³-hybridized carbons (Fsp3) is 0.211. The number of carbonyl (C=O) groups is 2. The Balaban J connectivity index is 1.78. The summed E-state index contributed by atoms with van der Waals surface area (Å²) in [6.07, 6.45) is 0. The van der Waals surface area contributed by atoms with Gasteiger partial charge in [-0.3, -0.25) is 14.1 Å². The molecule has 1 atom stereocenters. The zero-order valence-corrected chi connectivity index (χ0v) is 17.9. The van der Waals surface area contributed by atoms with Crippen LogP contribution in [-0.2, 0) is 11.8 Å². The van der Waals surface area contributed by atoms with Gasteiger partial charge >= 0.3 is 10.7 Å². The fourth-order valence-electron chi connectivity index (χ4n) is 2.56. The highest BCUT2D eigenvalue weighted by molar-refractivity contribution is 8.00. The molecule has 2 heterocycles. The summed E-state index contributed by atoms with van der Waals surface area (Å²) in [5, 5.41) is 17.3. The molecule has 0 radical (unpaired) electrons. The third kappa shape index (κ3) is 4.45. The predicted molar refractivity (Wildman–Crippen MR) is 113 cm³/mol. The molecule has 3 aromatic rings. The van der Waals surface area contributed by atoms with Gasteiger partial charge in [0, 0.05) is 5.69 Å². The second-order valence-electron chi connectivity index (χ2n) is 6.29. The number of para-hydroxylation sites is 1. The fourth-order valence-corrected chi connectivity index (χ4v) is 4.45. The van der Waals surface area contributed by atoms with Gasteiger partial charge in [-0.1, -0.05) is 22.9 Å². The van der Waals surface area contributed by atoms with E-state index in [9.17, 15) is 19.6 Å². The van der Waals surface area contributed by atoms with Gasteiger partial charge in [-0.05, 0) is 48.6 Å². The van der Waals surface area contributed by atoms with Gasteiger partial charge in [0.1, 0.15) is 11.1 Å². The van der Waals surface area contributed by atoms with Crippen molar-refractivity contribution in [2.24, 2.45) is 7.05 Å². The molecule has 154 valence electrons. The number of H-pyrrole nitrogens is 1. The number of nitrogens with one attached hydrogen (secondary N) is 3. The lowest BCUT2D eigenvalue weighted by Gasteiger charge is -2.08. The number of nitriles is 1. The van der Waals surface area contributed by atoms with Crippen LogP contribution in [0.1, 0.15) is 27.7 Å². The predicted octanol–water partition coefficient (Wildman–Crippen LogP) is 2.41. The molecule has 0 aliphatic rings. The topological polar surface area (TPSA) is 132 Å². The number of aromatic nitrogens is 2. The number of hydrogen-bond acceptors (Lipinski definition) is 7. The zero-order chi connectivity index (χ0) is 21.8. The van der Waals surface area contributed by atoms with Crippen molar-refractivity contribution in [1.29, 1.82) is 5.26 Å². The average molecular weight is 445 g/mol. The molecule has 9 nitrogen and oxygen atoms in total. The number of thiophene rings is 1. The van der Waals surface area contributed by atoms with Gasteiger partial charge in [-0.25, -0.2) is 4.79 Å². The minimum absolute atomic E-state index is 0.232. The number of aromatic amines is 1. The summed E-state index contributed by atoms with van der Waals surface area (Å²) in [6.45, 7) is 3.29. The minimum atomic E-state index is -0.648. The monoisotopic (exact) mass is 444 g/mol. The molecule has 3 N–H and O–H groups in total. The van der Waals surface area contributed by atoms with E-state index in [0.717, 1.165) is 23.1 Å². The number of amides is 2. The van der Waals surface area contributed by atoms with Crippen molar-refractivity contribution in [2.75, 3.05) is 10.6 Å². The number of carbonyl (C=O) groups excluding carboxylic acids is 2. The van der Waals surface area contributed by atoms with Crippen LogP contribution >= 0.6 is 23.1 Å². The Bertz CT molecular complexity index is 1190. The first-order chi connectivity index (χ1) is 14.3. The van der Waals surface area contributed by atoms with Gasteiger partial charge in [-0.2, -0.15) is 5.26 Å².